The summed E-state index contributed by atoms with van der Waals surface area (Å²) in [6.07, 6.45) is -0.497. The summed E-state index contributed by atoms with van der Waals surface area (Å²) >= 11 is 0. The van der Waals surface area contributed by atoms with Crippen molar-refractivity contribution in [2.45, 2.75) is 26.1 Å². The highest BCUT2D eigenvalue weighted by molar-refractivity contribution is 5.28. The van der Waals surface area contributed by atoms with E-state index in [9.17, 15) is 9.50 Å². The summed E-state index contributed by atoms with van der Waals surface area (Å²) in [7, 11) is 2.04. The van der Waals surface area contributed by atoms with Gasteiger partial charge < -0.3 is 14.7 Å². The Labute approximate surface area is 179 Å². The number of aliphatic hydroxyl groups is 1. The van der Waals surface area contributed by atoms with Crippen LogP contribution in [0.4, 0.5) is 4.39 Å². The quantitative estimate of drug-likeness (QED) is 0.646. The molecule has 1 atom stereocenters. The molecule has 0 aromatic heterocycles. The number of aliphatic hydroxyl groups excluding tert-OH is 1. The smallest absolute Gasteiger partial charge is 0.123 e. The SMILES string of the molecule is CCN1CCN(C[C@H](O)COc2cccc(CN(C)Cc3ccc(F)cc3)c2)CC1. The zero-order chi connectivity index (χ0) is 21.3. The molecule has 2 aromatic carbocycles. The highest BCUT2D eigenvalue weighted by atomic mass is 19.1. The van der Waals surface area contributed by atoms with E-state index in [4.69, 9.17) is 4.74 Å². The maximum atomic E-state index is 13.1. The van der Waals surface area contributed by atoms with Crippen LogP contribution in [0.1, 0.15) is 18.1 Å². The number of benzene rings is 2. The number of halogens is 1. The number of piperazine rings is 1. The summed E-state index contributed by atoms with van der Waals surface area (Å²) in [5, 5.41) is 10.4. The zero-order valence-electron chi connectivity index (χ0n) is 18.1. The van der Waals surface area contributed by atoms with Gasteiger partial charge in [0.05, 0.1) is 0 Å². The maximum Gasteiger partial charge on any atom is 0.123 e. The number of hydrogen-bond donors (Lipinski definition) is 1. The molecular weight excluding hydrogens is 381 g/mol. The fraction of sp³-hybridized carbons (Fsp3) is 0.500. The van der Waals surface area contributed by atoms with Crippen LogP contribution < -0.4 is 4.74 Å². The van der Waals surface area contributed by atoms with E-state index >= 15 is 0 Å². The fourth-order valence-corrected chi connectivity index (χ4v) is 3.83. The molecular formula is C24H34FN3O2. The van der Waals surface area contributed by atoms with E-state index in [0.29, 0.717) is 13.2 Å². The predicted molar refractivity (Wildman–Crippen MR) is 118 cm³/mol. The van der Waals surface area contributed by atoms with Gasteiger partial charge in [-0.25, -0.2) is 4.39 Å². The normalized spacial score (nSPS) is 16.7. The van der Waals surface area contributed by atoms with Gasteiger partial charge in [-0.05, 0) is 49.0 Å². The lowest BCUT2D eigenvalue weighted by atomic mass is 10.1. The second kappa shape index (κ2) is 11.4. The van der Waals surface area contributed by atoms with E-state index in [1.807, 2.05) is 37.4 Å². The summed E-state index contributed by atoms with van der Waals surface area (Å²) in [6.45, 7) is 9.87. The molecule has 30 heavy (non-hydrogen) atoms. The van der Waals surface area contributed by atoms with Crippen LogP contribution in [0.15, 0.2) is 48.5 Å². The summed E-state index contributed by atoms with van der Waals surface area (Å²) in [6, 6.07) is 14.6. The lowest BCUT2D eigenvalue weighted by Crippen LogP contribution is -2.49. The van der Waals surface area contributed by atoms with Gasteiger partial charge in [0.25, 0.3) is 0 Å². The van der Waals surface area contributed by atoms with Crippen LogP contribution in [0.25, 0.3) is 0 Å². The summed E-state index contributed by atoms with van der Waals surface area (Å²) in [5.74, 6) is 0.564. The molecule has 0 spiro atoms. The first kappa shape index (κ1) is 22.7. The molecule has 1 N–H and O–H groups in total. The molecule has 1 aliphatic heterocycles. The first-order valence-corrected chi connectivity index (χ1v) is 10.8. The van der Waals surface area contributed by atoms with Crippen molar-refractivity contribution in [3.05, 3.63) is 65.5 Å². The molecule has 1 fully saturated rings. The number of nitrogens with zero attached hydrogens (tertiary/aromatic N) is 3. The molecule has 3 rings (SSSR count). The van der Waals surface area contributed by atoms with Gasteiger partial charge in [0, 0.05) is 45.8 Å². The molecule has 1 saturated heterocycles. The van der Waals surface area contributed by atoms with E-state index in [0.717, 1.165) is 62.7 Å². The molecule has 164 valence electrons. The van der Waals surface area contributed by atoms with Crippen LogP contribution in [0.2, 0.25) is 0 Å². The van der Waals surface area contributed by atoms with E-state index in [-0.39, 0.29) is 5.82 Å². The van der Waals surface area contributed by atoms with Crippen LogP contribution in [0.5, 0.6) is 5.75 Å². The van der Waals surface area contributed by atoms with E-state index < -0.39 is 6.10 Å². The minimum atomic E-state index is -0.497. The number of β-amino-alcohol motifs (C(OH)–C–C–N with tert-alkyl or cyclic N) is 1. The largest absolute Gasteiger partial charge is 0.491 e. The van der Waals surface area contributed by atoms with Gasteiger partial charge >= 0.3 is 0 Å². The molecule has 1 aliphatic rings. The standard InChI is InChI=1S/C24H34FN3O2/c1-3-27-11-13-28(14-12-27)18-23(29)19-30-24-6-4-5-21(15-24)17-26(2)16-20-7-9-22(25)10-8-20/h4-10,15,23,29H,3,11-14,16-19H2,1-2H3/t23-/m0/s1. The molecule has 0 aliphatic carbocycles. The van der Waals surface area contributed by atoms with Gasteiger partial charge in [-0.1, -0.05) is 31.2 Å². The van der Waals surface area contributed by atoms with E-state index in [2.05, 4.69) is 27.7 Å². The third-order valence-electron chi connectivity index (χ3n) is 5.54. The second-order valence-corrected chi connectivity index (χ2v) is 8.15. The van der Waals surface area contributed by atoms with Crippen LogP contribution in [-0.2, 0) is 13.1 Å². The van der Waals surface area contributed by atoms with E-state index in [1.54, 1.807) is 0 Å². The van der Waals surface area contributed by atoms with E-state index in [1.165, 1.54) is 12.1 Å². The lowest BCUT2D eigenvalue weighted by Gasteiger charge is -2.34. The topological polar surface area (TPSA) is 39.2 Å². The van der Waals surface area contributed by atoms with Crippen molar-refractivity contribution in [3.63, 3.8) is 0 Å². The zero-order valence-corrected chi connectivity index (χ0v) is 18.1. The van der Waals surface area contributed by atoms with Crippen molar-refractivity contribution in [2.24, 2.45) is 0 Å². The summed E-state index contributed by atoms with van der Waals surface area (Å²) in [4.78, 5) is 6.91. The van der Waals surface area contributed by atoms with Gasteiger partial charge in [-0.3, -0.25) is 9.80 Å². The Morgan fingerprint density at radius 2 is 1.67 bits per heavy atom. The Balaban J connectivity index is 1.42. The van der Waals surface area contributed by atoms with Crippen molar-refractivity contribution >= 4 is 0 Å². The average Bonchev–Trinajstić information content (AvgIpc) is 2.75. The molecule has 1 heterocycles. The molecule has 0 saturated carbocycles. The second-order valence-electron chi connectivity index (χ2n) is 8.15. The first-order valence-electron chi connectivity index (χ1n) is 10.8. The van der Waals surface area contributed by atoms with Gasteiger partial charge in [0.15, 0.2) is 0 Å². The van der Waals surface area contributed by atoms with Crippen molar-refractivity contribution in [1.29, 1.82) is 0 Å². The Hall–Kier alpha value is -1.99. The molecule has 6 heteroatoms. The van der Waals surface area contributed by atoms with Crippen molar-refractivity contribution in [1.82, 2.24) is 14.7 Å². The minimum Gasteiger partial charge on any atom is -0.491 e. The Morgan fingerprint density at radius 1 is 1.00 bits per heavy atom. The summed E-state index contributed by atoms with van der Waals surface area (Å²) < 4.78 is 18.9. The number of hydrogen-bond acceptors (Lipinski definition) is 5. The third-order valence-corrected chi connectivity index (χ3v) is 5.54. The molecule has 0 unspecified atom stereocenters. The molecule has 5 nitrogen and oxygen atoms in total. The third kappa shape index (κ3) is 7.36. The molecule has 0 amide bonds. The number of ether oxygens (including phenoxy) is 1. The highest BCUT2D eigenvalue weighted by Gasteiger charge is 2.18. The summed E-state index contributed by atoms with van der Waals surface area (Å²) in [5.41, 5.74) is 2.22. The first-order chi connectivity index (χ1) is 14.5. The number of rotatable bonds is 10. The van der Waals surface area contributed by atoms with Crippen LogP contribution in [0.3, 0.4) is 0 Å². The van der Waals surface area contributed by atoms with Gasteiger partial charge in [-0.2, -0.15) is 0 Å². The van der Waals surface area contributed by atoms with Gasteiger partial charge in [0.1, 0.15) is 24.3 Å². The van der Waals surface area contributed by atoms with Crippen LogP contribution in [0, 0.1) is 5.82 Å². The van der Waals surface area contributed by atoms with Crippen molar-refractivity contribution in [2.75, 3.05) is 52.9 Å². The minimum absolute atomic E-state index is 0.211. The number of likely N-dealkylation sites (N-methyl/N-ethyl adjacent to an activating group) is 1. The monoisotopic (exact) mass is 415 g/mol. The maximum absolute atomic E-state index is 13.1. The average molecular weight is 416 g/mol. The fourth-order valence-electron chi connectivity index (χ4n) is 3.83. The molecule has 0 bridgehead atoms. The van der Waals surface area contributed by atoms with Gasteiger partial charge in [-0.15, -0.1) is 0 Å². The lowest BCUT2D eigenvalue weighted by molar-refractivity contribution is 0.0470. The van der Waals surface area contributed by atoms with Crippen LogP contribution in [-0.4, -0.2) is 78.8 Å². The van der Waals surface area contributed by atoms with Crippen LogP contribution >= 0.6 is 0 Å². The van der Waals surface area contributed by atoms with Crippen molar-refractivity contribution in [3.8, 4) is 5.75 Å². The Morgan fingerprint density at radius 3 is 2.37 bits per heavy atom. The van der Waals surface area contributed by atoms with Gasteiger partial charge in [0.2, 0.25) is 0 Å². The highest BCUT2D eigenvalue weighted by Crippen LogP contribution is 2.16. The Kier molecular flexibility index (Phi) is 8.63. The molecule has 0 radical (unpaired) electrons. The molecule has 2 aromatic rings. The predicted octanol–water partition coefficient (Wildman–Crippen LogP) is 2.83. The Bertz CT molecular complexity index is 763. The van der Waals surface area contributed by atoms with Crippen molar-refractivity contribution < 1.29 is 14.2 Å².